The number of nitrogens with zero attached hydrogens (tertiary/aromatic N) is 3. The van der Waals surface area contributed by atoms with Crippen molar-refractivity contribution < 1.29 is 19.4 Å². The molecule has 0 atom stereocenters. The molecule has 0 radical (unpaired) electrons. The fraction of sp³-hybridized carbons (Fsp3) is 0.545. The molecule has 31 heavy (non-hydrogen) atoms. The Balaban J connectivity index is 1.52. The number of hydrogen-bond donors (Lipinski definition) is 2. The quantitative estimate of drug-likeness (QED) is 0.712. The first-order valence-corrected chi connectivity index (χ1v) is 10.8. The van der Waals surface area contributed by atoms with E-state index in [1.165, 1.54) is 6.42 Å². The number of morpholine rings is 1. The average Bonchev–Trinajstić information content (AvgIpc) is 2.80. The lowest BCUT2D eigenvalue weighted by Gasteiger charge is -2.48. The topological polar surface area (TPSA) is 114 Å². The van der Waals surface area contributed by atoms with Crippen molar-refractivity contribution >= 4 is 22.6 Å². The van der Waals surface area contributed by atoms with E-state index in [1.807, 2.05) is 0 Å². The molecule has 1 aliphatic heterocycles. The molecule has 1 saturated heterocycles. The van der Waals surface area contributed by atoms with E-state index < -0.39 is 11.5 Å². The van der Waals surface area contributed by atoms with Crippen molar-refractivity contribution in [2.75, 3.05) is 32.8 Å². The molecule has 2 aliphatic rings. The second-order valence-corrected chi connectivity index (χ2v) is 8.32. The van der Waals surface area contributed by atoms with E-state index in [0.29, 0.717) is 19.8 Å². The molecule has 9 heteroatoms. The number of benzene rings is 1. The summed E-state index contributed by atoms with van der Waals surface area (Å²) in [4.78, 5) is 39.6. The van der Waals surface area contributed by atoms with Gasteiger partial charge in [-0.1, -0.05) is 37.5 Å². The number of carbonyl (C=O) groups is 2. The largest absolute Gasteiger partial charge is 0.476 e. The van der Waals surface area contributed by atoms with Crippen LogP contribution in [0.5, 0.6) is 0 Å². The van der Waals surface area contributed by atoms with E-state index in [2.05, 4.69) is 15.3 Å². The normalized spacial score (nSPS) is 19.2. The highest BCUT2D eigenvalue weighted by molar-refractivity contribution is 6.01. The first-order valence-electron chi connectivity index (χ1n) is 10.8. The summed E-state index contributed by atoms with van der Waals surface area (Å²) in [6.07, 6.45) is 5.49. The molecule has 4 rings (SSSR count). The van der Waals surface area contributed by atoms with Gasteiger partial charge in [0.15, 0.2) is 5.69 Å². The zero-order valence-corrected chi connectivity index (χ0v) is 17.5. The third kappa shape index (κ3) is 4.47. The first kappa shape index (κ1) is 21.5. The van der Waals surface area contributed by atoms with Gasteiger partial charge in [0.2, 0.25) is 5.91 Å². The van der Waals surface area contributed by atoms with E-state index in [-0.39, 0.29) is 34.5 Å². The van der Waals surface area contributed by atoms with Gasteiger partial charge in [0.05, 0.1) is 18.6 Å². The van der Waals surface area contributed by atoms with Crippen molar-refractivity contribution in [3.05, 3.63) is 40.3 Å². The van der Waals surface area contributed by atoms with E-state index in [0.717, 1.165) is 43.5 Å². The van der Waals surface area contributed by atoms with Gasteiger partial charge in [-0.15, -0.1) is 0 Å². The van der Waals surface area contributed by atoms with Gasteiger partial charge in [-0.05, 0) is 18.9 Å². The third-order valence-electron chi connectivity index (χ3n) is 6.44. The van der Waals surface area contributed by atoms with E-state index >= 15 is 0 Å². The van der Waals surface area contributed by atoms with Gasteiger partial charge >= 0.3 is 5.97 Å². The molecule has 2 heterocycles. The Morgan fingerprint density at radius 2 is 1.77 bits per heavy atom. The number of carboxylic acids is 1. The lowest BCUT2D eigenvalue weighted by Crippen LogP contribution is -2.60. The number of carbonyl (C=O) groups excluding carboxylic acids is 1. The molecule has 1 amide bonds. The van der Waals surface area contributed by atoms with Gasteiger partial charge in [-0.2, -0.15) is 5.10 Å². The number of carboxylic acid groups (broad SMARTS) is 1. The average molecular weight is 428 g/mol. The molecular weight excluding hydrogens is 400 g/mol. The maximum Gasteiger partial charge on any atom is 0.357 e. The fourth-order valence-electron chi connectivity index (χ4n) is 4.81. The number of aromatic carboxylic acids is 1. The molecule has 1 aromatic heterocycles. The summed E-state index contributed by atoms with van der Waals surface area (Å²) >= 11 is 0. The number of aromatic nitrogens is 2. The molecule has 2 N–H and O–H groups in total. The van der Waals surface area contributed by atoms with Gasteiger partial charge in [-0.25, -0.2) is 9.48 Å². The van der Waals surface area contributed by atoms with Crippen molar-refractivity contribution in [1.82, 2.24) is 20.0 Å². The molecular formula is C22H28N4O5. The first-order chi connectivity index (χ1) is 15.0. The minimum Gasteiger partial charge on any atom is -0.476 e. The van der Waals surface area contributed by atoms with Gasteiger partial charge in [-0.3, -0.25) is 14.5 Å². The van der Waals surface area contributed by atoms with Crippen LogP contribution in [0.1, 0.15) is 42.6 Å². The maximum absolute atomic E-state index is 12.8. The summed E-state index contributed by atoms with van der Waals surface area (Å²) in [5.74, 6) is -1.58. The highest BCUT2D eigenvalue weighted by atomic mass is 16.5. The van der Waals surface area contributed by atoms with Crippen LogP contribution in [-0.4, -0.2) is 70.1 Å². The van der Waals surface area contributed by atoms with Gasteiger partial charge in [0.1, 0.15) is 6.54 Å². The maximum atomic E-state index is 12.8. The number of rotatable bonds is 6. The van der Waals surface area contributed by atoms with Crippen molar-refractivity contribution in [2.45, 2.75) is 44.2 Å². The van der Waals surface area contributed by atoms with Crippen LogP contribution < -0.4 is 10.9 Å². The Kier molecular flexibility index (Phi) is 6.33. The Labute approximate surface area is 180 Å². The van der Waals surface area contributed by atoms with Crippen LogP contribution in [-0.2, 0) is 16.1 Å². The van der Waals surface area contributed by atoms with Gasteiger partial charge < -0.3 is 15.2 Å². The number of hydrogen-bond acceptors (Lipinski definition) is 6. The third-order valence-corrected chi connectivity index (χ3v) is 6.44. The van der Waals surface area contributed by atoms with Gasteiger partial charge in [0, 0.05) is 30.6 Å². The van der Waals surface area contributed by atoms with Crippen LogP contribution in [0.25, 0.3) is 10.8 Å². The lowest BCUT2D eigenvalue weighted by atomic mass is 9.79. The standard InChI is InChI=1S/C22H28N4O5/c27-18(23-15-22(8-4-1-5-9-22)25-10-12-31-13-11-25)14-26-20(28)17-7-3-2-6-16(17)19(24-26)21(29)30/h2-3,6-7H,1,4-5,8-15H2,(H,23,27)(H,29,30). The smallest absolute Gasteiger partial charge is 0.357 e. The molecule has 2 aromatic rings. The minimum absolute atomic E-state index is 0.0916. The summed E-state index contributed by atoms with van der Waals surface area (Å²) in [5, 5.41) is 16.9. The SMILES string of the molecule is O=C(Cn1nc(C(=O)O)c2ccccc2c1=O)NCC1(N2CCOCC2)CCCCC1. The molecule has 0 bridgehead atoms. The zero-order valence-electron chi connectivity index (χ0n) is 17.5. The van der Waals surface area contributed by atoms with E-state index in [9.17, 15) is 19.5 Å². The van der Waals surface area contributed by atoms with E-state index in [1.54, 1.807) is 24.3 Å². The molecule has 166 valence electrons. The lowest BCUT2D eigenvalue weighted by molar-refractivity contribution is -0.123. The van der Waals surface area contributed by atoms with Crippen LogP contribution in [0, 0.1) is 0 Å². The molecule has 1 aromatic carbocycles. The Hall–Kier alpha value is -2.78. The van der Waals surface area contributed by atoms with Crippen molar-refractivity contribution in [2.24, 2.45) is 0 Å². The Morgan fingerprint density at radius 3 is 2.45 bits per heavy atom. The summed E-state index contributed by atoms with van der Waals surface area (Å²) < 4.78 is 6.44. The van der Waals surface area contributed by atoms with Crippen molar-refractivity contribution in [1.29, 1.82) is 0 Å². The second kappa shape index (κ2) is 9.15. The molecule has 1 saturated carbocycles. The highest BCUT2D eigenvalue weighted by Crippen LogP contribution is 2.33. The Bertz CT molecular complexity index is 1020. The predicted octanol–water partition coefficient (Wildman–Crippen LogP) is 1.25. The van der Waals surface area contributed by atoms with Crippen LogP contribution in [0.4, 0.5) is 0 Å². The number of nitrogens with one attached hydrogen (secondary N) is 1. The van der Waals surface area contributed by atoms with Crippen molar-refractivity contribution in [3.63, 3.8) is 0 Å². The van der Waals surface area contributed by atoms with E-state index in [4.69, 9.17) is 4.74 Å². The molecule has 0 unspecified atom stereocenters. The summed E-state index contributed by atoms with van der Waals surface area (Å²) in [7, 11) is 0. The molecule has 2 fully saturated rings. The minimum atomic E-state index is -1.24. The molecule has 0 spiro atoms. The number of fused-ring (bicyclic) bond motifs is 1. The number of ether oxygens (including phenoxy) is 1. The van der Waals surface area contributed by atoms with Gasteiger partial charge in [0.25, 0.3) is 5.56 Å². The second-order valence-electron chi connectivity index (χ2n) is 8.32. The summed E-state index contributed by atoms with van der Waals surface area (Å²) in [6, 6.07) is 6.42. The van der Waals surface area contributed by atoms with Crippen LogP contribution in [0.3, 0.4) is 0 Å². The summed E-state index contributed by atoms with van der Waals surface area (Å²) in [6.45, 7) is 3.28. The number of amides is 1. The van der Waals surface area contributed by atoms with Crippen LogP contribution in [0.2, 0.25) is 0 Å². The monoisotopic (exact) mass is 428 g/mol. The predicted molar refractivity (Wildman–Crippen MR) is 114 cm³/mol. The molecule has 9 nitrogen and oxygen atoms in total. The fourth-order valence-corrected chi connectivity index (χ4v) is 4.81. The molecule has 1 aliphatic carbocycles. The summed E-state index contributed by atoms with van der Waals surface area (Å²) in [5.41, 5.74) is -0.803. The zero-order chi connectivity index (χ0) is 21.8. The highest BCUT2D eigenvalue weighted by Gasteiger charge is 2.38. The Morgan fingerprint density at radius 1 is 1.10 bits per heavy atom. The van der Waals surface area contributed by atoms with Crippen LogP contribution >= 0.6 is 0 Å². The van der Waals surface area contributed by atoms with Crippen LogP contribution in [0.15, 0.2) is 29.1 Å². The van der Waals surface area contributed by atoms with Crippen molar-refractivity contribution in [3.8, 4) is 0 Å².